The highest BCUT2D eigenvalue weighted by molar-refractivity contribution is 14.0. The summed E-state index contributed by atoms with van der Waals surface area (Å²) in [6.07, 6.45) is 0. The van der Waals surface area contributed by atoms with Crippen molar-refractivity contribution < 1.29 is 9.15 Å². The number of furan rings is 1. The standard InChI is InChI=1S/C22H28N4O2S.HI/c1-16-17-6-3-4-7-19(17)28-20(16)15-25-22(23-2)24-14-18(21-8-5-13-29-21)26-9-11-27-12-10-26;/h3-8,13,18H,9-12,14-15H2,1-2H3,(H2,23,24,25);1H. The Kier molecular flexibility index (Phi) is 8.55. The second-order valence-electron chi connectivity index (χ2n) is 7.13. The molecule has 30 heavy (non-hydrogen) atoms. The quantitative estimate of drug-likeness (QED) is 0.280. The van der Waals surface area contributed by atoms with E-state index in [-0.39, 0.29) is 24.0 Å². The number of fused-ring (bicyclic) bond motifs is 1. The molecule has 162 valence electrons. The van der Waals surface area contributed by atoms with E-state index in [1.807, 2.05) is 18.2 Å². The van der Waals surface area contributed by atoms with Gasteiger partial charge in [0.05, 0.1) is 25.8 Å². The van der Waals surface area contributed by atoms with Crippen molar-refractivity contribution in [2.45, 2.75) is 19.5 Å². The van der Waals surface area contributed by atoms with Crippen LogP contribution in [-0.2, 0) is 11.3 Å². The summed E-state index contributed by atoms with van der Waals surface area (Å²) in [4.78, 5) is 8.25. The van der Waals surface area contributed by atoms with E-state index < -0.39 is 0 Å². The van der Waals surface area contributed by atoms with Gasteiger partial charge in [-0.15, -0.1) is 35.3 Å². The summed E-state index contributed by atoms with van der Waals surface area (Å²) in [5, 5.41) is 10.2. The molecule has 1 saturated heterocycles. The number of hydrogen-bond acceptors (Lipinski definition) is 5. The molecule has 4 rings (SSSR count). The first-order valence-corrected chi connectivity index (χ1v) is 10.9. The van der Waals surface area contributed by atoms with Crippen LogP contribution in [0.15, 0.2) is 51.2 Å². The van der Waals surface area contributed by atoms with Crippen LogP contribution < -0.4 is 10.6 Å². The third-order valence-electron chi connectivity index (χ3n) is 5.40. The minimum absolute atomic E-state index is 0. The van der Waals surface area contributed by atoms with Crippen LogP contribution in [0.5, 0.6) is 0 Å². The van der Waals surface area contributed by atoms with Crippen LogP contribution >= 0.6 is 35.3 Å². The summed E-state index contributed by atoms with van der Waals surface area (Å²) in [7, 11) is 1.80. The predicted octanol–water partition coefficient (Wildman–Crippen LogP) is 4.16. The summed E-state index contributed by atoms with van der Waals surface area (Å²) in [5.74, 6) is 1.72. The molecule has 3 aromatic rings. The van der Waals surface area contributed by atoms with Crippen molar-refractivity contribution in [2.24, 2.45) is 4.99 Å². The maximum atomic E-state index is 6.01. The molecule has 1 unspecified atom stereocenters. The molecular weight excluding hydrogens is 511 g/mol. The van der Waals surface area contributed by atoms with Gasteiger partial charge in [-0.2, -0.15) is 0 Å². The molecule has 6 nitrogen and oxygen atoms in total. The smallest absolute Gasteiger partial charge is 0.191 e. The second kappa shape index (κ2) is 11.1. The van der Waals surface area contributed by atoms with Crippen LogP contribution in [0, 0.1) is 6.92 Å². The Bertz CT molecular complexity index is 951. The number of guanidine groups is 1. The highest BCUT2D eigenvalue weighted by Gasteiger charge is 2.23. The van der Waals surface area contributed by atoms with Crippen LogP contribution in [0.2, 0.25) is 0 Å². The van der Waals surface area contributed by atoms with Gasteiger partial charge >= 0.3 is 0 Å². The van der Waals surface area contributed by atoms with E-state index >= 15 is 0 Å². The lowest BCUT2D eigenvalue weighted by Gasteiger charge is -2.34. The van der Waals surface area contributed by atoms with Crippen molar-refractivity contribution >= 4 is 52.2 Å². The van der Waals surface area contributed by atoms with E-state index in [1.165, 1.54) is 10.4 Å². The maximum absolute atomic E-state index is 6.01. The first-order valence-electron chi connectivity index (χ1n) is 10.0. The number of rotatable bonds is 6. The molecular formula is C22H29IN4O2S. The van der Waals surface area contributed by atoms with Gasteiger partial charge in [0.15, 0.2) is 5.96 Å². The number of aliphatic imine (C=N–C) groups is 1. The number of benzene rings is 1. The lowest BCUT2D eigenvalue weighted by atomic mass is 10.1. The van der Waals surface area contributed by atoms with Gasteiger partial charge in [0.2, 0.25) is 0 Å². The average Bonchev–Trinajstić information content (AvgIpc) is 3.40. The van der Waals surface area contributed by atoms with Gasteiger partial charge in [0, 0.05) is 42.5 Å². The zero-order valence-electron chi connectivity index (χ0n) is 17.4. The number of nitrogens with zero attached hydrogens (tertiary/aromatic N) is 2. The number of nitrogens with one attached hydrogen (secondary N) is 2. The number of para-hydroxylation sites is 1. The minimum atomic E-state index is 0. The van der Waals surface area contributed by atoms with Gasteiger partial charge in [-0.25, -0.2) is 0 Å². The summed E-state index contributed by atoms with van der Waals surface area (Å²) in [5.41, 5.74) is 2.10. The molecule has 0 saturated carbocycles. The molecule has 1 atom stereocenters. The van der Waals surface area contributed by atoms with Gasteiger partial charge in [0.1, 0.15) is 11.3 Å². The summed E-state index contributed by atoms with van der Waals surface area (Å²) in [6, 6.07) is 12.8. The predicted molar refractivity (Wildman–Crippen MR) is 134 cm³/mol. The van der Waals surface area contributed by atoms with Crippen molar-refractivity contribution in [3.8, 4) is 0 Å². The molecule has 0 amide bonds. The fourth-order valence-electron chi connectivity index (χ4n) is 3.75. The largest absolute Gasteiger partial charge is 0.459 e. The number of halogens is 1. The fourth-order valence-corrected chi connectivity index (χ4v) is 4.61. The monoisotopic (exact) mass is 540 g/mol. The lowest BCUT2D eigenvalue weighted by Crippen LogP contribution is -2.46. The molecule has 8 heteroatoms. The summed E-state index contributed by atoms with van der Waals surface area (Å²) in [6.45, 7) is 6.98. The van der Waals surface area contributed by atoms with E-state index in [2.05, 4.69) is 51.0 Å². The average molecular weight is 540 g/mol. The third-order valence-corrected chi connectivity index (χ3v) is 6.38. The second-order valence-corrected chi connectivity index (χ2v) is 8.11. The molecule has 0 bridgehead atoms. The molecule has 0 aliphatic carbocycles. The molecule has 1 fully saturated rings. The van der Waals surface area contributed by atoms with Crippen LogP contribution in [0.3, 0.4) is 0 Å². The van der Waals surface area contributed by atoms with Crippen molar-refractivity contribution in [3.05, 3.63) is 58.0 Å². The van der Waals surface area contributed by atoms with Gasteiger partial charge in [0.25, 0.3) is 0 Å². The minimum Gasteiger partial charge on any atom is -0.459 e. The Morgan fingerprint density at radius 3 is 2.67 bits per heavy atom. The van der Waals surface area contributed by atoms with E-state index in [9.17, 15) is 0 Å². The normalized spacial score (nSPS) is 16.3. The Balaban J connectivity index is 0.00000256. The number of ether oxygens (including phenoxy) is 1. The summed E-state index contributed by atoms with van der Waals surface area (Å²) >= 11 is 1.80. The lowest BCUT2D eigenvalue weighted by molar-refractivity contribution is 0.0177. The molecule has 1 aromatic carbocycles. The Hall–Kier alpha value is -1.62. The molecule has 3 heterocycles. The van der Waals surface area contributed by atoms with Crippen LogP contribution in [0.1, 0.15) is 22.2 Å². The number of morpholine rings is 1. The molecule has 0 radical (unpaired) electrons. The molecule has 1 aliphatic rings. The molecule has 2 N–H and O–H groups in total. The maximum Gasteiger partial charge on any atom is 0.191 e. The fraction of sp³-hybridized carbons (Fsp3) is 0.409. The van der Waals surface area contributed by atoms with Crippen molar-refractivity contribution in [2.75, 3.05) is 39.9 Å². The highest BCUT2D eigenvalue weighted by Crippen LogP contribution is 2.26. The highest BCUT2D eigenvalue weighted by atomic mass is 127. The molecule has 0 spiro atoms. The SMILES string of the molecule is CN=C(NCc1oc2ccccc2c1C)NCC(c1cccs1)N1CCOCC1.I. The van der Waals surface area contributed by atoms with E-state index in [0.29, 0.717) is 12.6 Å². The van der Waals surface area contributed by atoms with Crippen LogP contribution in [-0.4, -0.2) is 50.8 Å². The zero-order chi connectivity index (χ0) is 20.1. The van der Waals surface area contributed by atoms with E-state index in [1.54, 1.807) is 18.4 Å². The topological polar surface area (TPSA) is 62.0 Å². The number of aryl methyl sites for hydroxylation is 1. The Morgan fingerprint density at radius 2 is 1.97 bits per heavy atom. The van der Waals surface area contributed by atoms with Gasteiger partial charge in [-0.05, 0) is 24.4 Å². The Morgan fingerprint density at radius 1 is 1.17 bits per heavy atom. The number of hydrogen-bond donors (Lipinski definition) is 2. The molecule has 2 aromatic heterocycles. The van der Waals surface area contributed by atoms with Gasteiger partial charge in [-0.1, -0.05) is 24.3 Å². The Labute approximate surface area is 198 Å². The third kappa shape index (κ3) is 5.35. The van der Waals surface area contributed by atoms with Crippen molar-refractivity contribution in [1.29, 1.82) is 0 Å². The summed E-state index contributed by atoms with van der Waals surface area (Å²) < 4.78 is 11.5. The van der Waals surface area contributed by atoms with E-state index in [4.69, 9.17) is 9.15 Å². The molecule has 1 aliphatic heterocycles. The first-order chi connectivity index (χ1) is 14.3. The number of thiophene rings is 1. The van der Waals surface area contributed by atoms with Crippen LogP contribution in [0.25, 0.3) is 11.0 Å². The first kappa shape index (κ1) is 23.1. The van der Waals surface area contributed by atoms with Crippen LogP contribution in [0.4, 0.5) is 0 Å². The van der Waals surface area contributed by atoms with E-state index in [0.717, 1.165) is 55.5 Å². The van der Waals surface area contributed by atoms with Gasteiger partial charge in [-0.3, -0.25) is 9.89 Å². The van der Waals surface area contributed by atoms with Crippen molar-refractivity contribution in [3.63, 3.8) is 0 Å². The zero-order valence-corrected chi connectivity index (χ0v) is 20.5. The van der Waals surface area contributed by atoms with Crippen molar-refractivity contribution in [1.82, 2.24) is 15.5 Å². The van der Waals surface area contributed by atoms with Gasteiger partial charge < -0.3 is 19.8 Å².